The maximum atomic E-state index is 3.38. The van der Waals surface area contributed by atoms with Crippen LogP contribution >= 0.6 is 0 Å². The maximum absolute atomic E-state index is 3.38. The molecule has 0 radical (unpaired) electrons. The van der Waals surface area contributed by atoms with E-state index >= 15 is 0 Å². The summed E-state index contributed by atoms with van der Waals surface area (Å²) in [5.74, 6) is 0. The molecule has 0 atom stereocenters. The predicted molar refractivity (Wildman–Crippen MR) is 56.9 cm³/mol. The van der Waals surface area contributed by atoms with Gasteiger partial charge in [0, 0.05) is 12.2 Å². The molecule has 0 unspecified atom stereocenters. The van der Waals surface area contributed by atoms with Gasteiger partial charge in [-0.05, 0) is 18.1 Å². The van der Waals surface area contributed by atoms with Crippen molar-refractivity contribution in [2.24, 2.45) is 0 Å². The first-order valence-electron chi connectivity index (χ1n) is 4.60. The second-order valence-corrected chi connectivity index (χ2v) is 3.10. The summed E-state index contributed by atoms with van der Waals surface area (Å²) >= 11 is 0. The minimum absolute atomic E-state index is 0.904. The smallest absolute Gasteiger partial charge is 0.0378 e. The molecule has 1 heterocycles. The van der Waals surface area contributed by atoms with Crippen LogP contribution in [0.25, 0.3) is 0 Å². The lowest BCUT2D eigenvalue weighted by molar-refractivity contribution is 1.24. The van der Waals surface area contributed by atoms with Crippen molar-refractivity contribution in [2.75, 3.05) is 11.9 Å². The Bertz CT molecular complexity index is 337. The number of fused-ring (bicyclic) bond motifs is 1. The number of hydrogen-bond donors (Lipinski definition) is 1. The molecule has 1 N–H and O–H groups in total. The van der Waals surface area contributed by atoms with Crippen molar-refractivity contribution in [2.45, 2.75) is 6.42 Å². The third-order valence-corrected chi connectivity index (χ3v) is 2.15. The number of allylic oxidation sites excluding steroid dienone is 3. The van der Waals surface area contributed by atoms with Crippen molar-refractivity contribution in [3.8, 4) is 0 Å². The van der Waals surface area contributed by atoms with Crippen LogP contribution in [-0.4, -0.2) is 6.54 Å². The first kappa shape index (κ1) is 8.11. The second kappa shape index (κ2) is 3.94. The highest BCUT2D eigenvalue weighted by molar-refractivity contribution is 5.52. The molecule has 0 bridgehead atoms. The summed E-state index contributed by atoms with van der Waals surface area (Å²) in [6.45, 7) is 0.904. The lowest BCUT2D eigenvalue weighted by Gasteiger charge is -2.07. The van der Waals surface area contributed by atoms with Gasteiger partial charge in [-0.2, -0.15) is 0 Å². The fourth-order valence-corrected chi connectivity index (χ4v) is 1.46. The highest BCUT2D eigenvalue weighted by Crippen LogP contribution is 2.16. The quantitative estimate of drug-likeness (QED) is 0.633. The van der Waals surface area contributed by atoms with E-state index in [1.807, 2.05) is 0 Å². The summed E-state index contributed by atoms with van der Waals surface area (Å²) in [4.78, 5) is 0. The Morgan fingerprint density at radius 1 is 1.00 bits per heavy atom. The number of anilines is 1. The Balaban J connectivity index is 2.31. The molecular formula is C12H13N. The highest BCUT2D eigenvalue weighted by atomic mass is 14.9. The zero-order chi connectivity index (χ0) is 8.93. The van der Waals surface area contributed by atoms with Gasteiger partial charge in [0.15, 0.2) is 0 Å². The monoisotopic (exact) mass is 171 g/mol. The zero-order valence-corrected chi connectivity index (χ0v) is 7.53. The summed E-state index contributed by atoms with van der Waals surface area (Å²) in [6.07, 6.45) is 9.50. The zero-order valence-electron chi connectivity index (χ0n) is 7.53. The van der Waals surface area contributed by atoms with Crippen LogP contribution in [-0.2, 0) is 6.42 Å². The van der Waals surface area contributed by atoms with Gasteiger partial charge in [-0.25, -0.2) is 0 Å². The average Bonchev–Trinajstić information content (AvgIpc) is 2.28. The van der Waals surface area contributed by atoms with E-state index in [1.165, 1.54) is 11.3 Å². The van der Waals surface area contributed by atoms with Crippen molar-refractivity contribution in [1.29, 1.82) is 0 Å². The molecule has 0 aromatic heterocycles. The van der Waals surface area contributed by atoms with Gasteiger partial charge in [-0.1, -0.05) is 42.5 Å². The van der Waals surface area contributed by atoms with E-state index in [4.69, 9.17) is 0 Å². The molecule has 1 aliphatic rings. The number of benzene rings is 1. The minimum atomic E-state index is 0.904. The van der Waals surface area contributed by atoms with Crippen molar-refractivity contribution in [3.05, 3.63) is 54.1 Å². The van der Waals surface area contributed by atoms with Gasteiger partial charge in [-0.15, -0.1) is 0 Å². The lowest BCUT2D eigenvalue weighted by atomic mass is 10.1. The van der Waals surface area contributed by atoms with Crippen molar-refractivity contribution < 1.29 is 0 Å². The number of hydrogen-bond acceptors (Lipinski definition) is 1. The first-order chi connectivity index (χ1) is 6.47. The van der Waals surface area contributed by atoms with Crippen molar-refractivity contribution in [1.82, 2.24) is 0 Å². The molecule has 1 aromatic rings. The van der Waals surface area contributed by atoms with Crippen molar-refractivity contribution in [3.63, 3.8) is 0 Å². The van der Waals surface area contributed by atoms with Crippen LogP contribution in [0, 0.1) is 0 Å². The lowest BCUT2D eigenvalue weighted by Crippen LogP contribution is -2.00. The maximum Gasteiger partial charge on any atom is 0.0378 e. The Hall–Kier alpha value is -1.50. The second-order valence-electron chi connectivity index (χ2n) is 3.10. The van der Waals surface area contributed by atoms with Gasteiger partial charge in [0.25, 0.3) is 0 Å². The molecule has 0 amide bonds. The van der Waals surface area contributed by atoms with Crippen LogP contribution < -0.4 is 5.32 Å². The van der Waals surface area contributed by atoms with E-state index in [0.717, 1.165) is 13.0 Å². The van der Waals surface area contributed by atoms with Crippen LogP contribution in [0.2, 0.25) is 0 Å². The van der Waals surface area contributed by atoms with Crippen LogP contribution in [0.4, 0.5) is 5.69 Å². The van der Waals surface area contributed by atoms with E-state index < -0.39 is 0 Å². The molecule has 1 aromatic carbocycles. The molecule has 2 rings (SSSR count). The summed E-state index contributed by atoms with van der Waals surface area (Å²) in [5.41, 5.74) is 2.61. The molecule has 1 aliphatic heterocycles. The van der Waals surface area contributed by atoms with Gasteiger partial charge < -0.3 is 5.32 Å². The third kappa shape index (κ3) is 2.00. The van der Waals surface area contributed by atoms with Gasteiger partial charge in [-0.3, -0.25) is 0 Å². The van der Waals surface area contributed by atoms with Gasteiger partial charge >= 0.3 is 0 Å². The van der Waals surface area contributed by atoms with Crippen LogP contribution in [0.5, 0.6) is 0 Å². The molecule has 13 heavy (non-hydrogen) atoms. The summed E-state index contributed by atoms with van der Waals surface area (Å²) in [5, 5.41) is 3.38. The Morgan fingerprint density at radius 3 is 2.85 bits per heavy atom. The number of nitrogens with one attached hydrogen (secondary N) is 1. The topological polar surface area (TPSA) is 12.0 Å². The molecular weight excluding hydrogens is 158 g/mol. The molecule has 0 spiro atoms. The van der Waals surface area contributed by atoms with E-state index in [0.29, 0.717) is 0 Å². The van der Waals surface area contributed by atoms with Crippen molar-refractivity contribution >= 4 is 5.69 Å². The highest BCUT2D eigenvalue weighted by Gasteiger charge is 1.98. The SMILES string of the molecule is C1=CCNc2ccccc2CC=C1. The van der Waals surface area contributed by atoms with Crippen LogP contribution in [0.1, 0.15) is 5.56 Å². The minimum Gasteiger partial charge on any atom is -0.381 e. The van der Waals surface area contributed by atoms with Crippen LogP contribution in [0.15, 0.2) is 48.6 Å². The standard InChI is InChI=1S/C12H13N/c1-2-6-10-13-12-9-5-4-8-11(12)7-3-1/h1-6,8-9,13H,7,10H2. The molecule has 1 nitrogen and oxygen atoms in total. The number of rotatable bonds is 0. The summed E-state index contributed by atoms with van der Waals surface area (Å²) in [7, 11) is 0. The van der Waals surface area contributed by atoms with E-state index in [2.05, 4.69) is 53.9 Å². The third-order valence-electron chi connectivity index (χ3n) is 2.15. The van der Waals surface area contributed by atoms with Crippen LogP contribution in [0.3, 0.4) is 0 Å². The molecule has 0 aliphatic carbocycles. The van der Waals surface area contributed by atoms with Gasteiger partial charge in [0.2, 0.25) is 0 Å². The Kier molecular flexibility index (Phi) is 2.46. The Labute approximate surface area is 78.8 Å². The summed E-state index contributed by atoms with van der Waals surface area (Å²) < 4.78 is 0. The summed E-state index contributed by atoms with van der Waals surface area (Å²) in [6, 6.07) is 8.44. The predicted octanol–water partition coefficient (Wildman–Crippen LogP) is 2.77. The average molecular weight is 171 g/mol. The number of para-hydroxylation sites is 1. The fraction of sp³-hybridized carbons (Fsp3) is 0.167. The van der Waals surface area contributed by atoms with Gasteiger partial charge in [0.1, 0.15) is 0 Å². The molecule has 0 saturated carbocycles. The van der Waals surface area contributed by atoms with E-state index in [9.17, 15) is 0 Å². The molecule has 0 fully saturated rings. The van der Waals surface area contributed by atoms with Gasteiger partial charge in [0.05, 0.1) is 0 Å². The molecule has 0 saturated heterocycles. The Morgan fingerprint density at radius 2 is 1.85 bits per heavy atom. The van der Waals surface area contributed by atoms with E-state index in [1.54, 1.807) is 0 Å². The van der Waals surface area contributed by atoms with E-state index in [-0.39, 0.29) is 0 Å². The fourth-order valence-electron chi connectivity index (χ4n) is 1.46. The molecule has 1 heteroatoms. The largest absolute Gasteiger partial charge is 0.381 e. The first-order valence-corrected chi connectivity index (χ1v) is 4.60. The molecule has 66 valence electrons. The normalized spacial score (nSPS) is 15.1.